The number of amides is 2. The fourth-order valence-corrected chi connectivity index (χ4v) is 4.20. The number of anilines is 2. The number of pyridine rings is 1. The molecule has 0 unspecified atom stereocenters. The minimum absolute atomic E-state index is 0.0229. The van der Waals surface area contributed by atoms with Gasteiger partial charge in [0.05, 0.1) is 28.2 Å². The van der Waals surface area contributed by atoms with E-state index in [9.17, 15) is 14.9 Å². The smallest absolute Gasteiger partial charge is 0.244 e. The summed E-state index contributed by atoms with van der Waals surface area (Å²) in [6, 6.07) is 15.2. The van der Waals surface area contributed by atoms with Gasteiger partial charge in [0.2, 0.25) is 11.8 Å². The molecule has 1 N–H and O–H groups in total. The number of nitrogens with one attached hydrogen (secondary N) is 1. The Morgan fingerprint density at radius 2 is 2.00 bits per heavy atom. The van der Waals surface area contributed by atoms with E-state index >= 15 is 0 Å². The molecule has 0 radical (unpaired) electrons. The fraction of sp³-hybridized carbons (Fsp3) is 0.182. The molecule has 0 saturated heterocycles. The molecule has 0 saturated carbocycles. The molecule has 144 valence electrons. The van der Waals surface area contributed by atoms with Crippen LogP contribution in [0.5, 0.6) is 0 Å². The van der Waals surface area contributed by atoms with Crippen LogP contribution in [0, 0.1) is 25.2 Å². The van der Waals surface area contributed by atoms with E-state index in [1.54, 1.807) is 12.1 Å². The van der Waals surface area contributed by atoms with Gasteiger partial charge in [0.15, 0.2) is 0 Å². The molecule has 2 aromatic carbocycles. The standard InChI is InChI=1S/C22H18N4O2S/c1-13-7-8-14(2)21-16(13)9-15(10-23)22(25-21)29-12-20(28)26-11-19(27)24-17-5-3-4-6-18(17)26/h3-9H,11-12H2,1-2H3,(H,24,27). The monoisotopic (exact) mass is 402 g/mol. The van der Waals surface area contributed by atoms with E-state index in [4.69, 9.17) is 0 Å². The first kappa shape index (κ1) is 19.0. The van der Waals surface area contributed by atoms with Gasteiger partial charge in [0.25, 0.3) is 0 Å². The van der Waals surface area contributed by atoms with Gasteiger partial charge in [-0.15, -0.1) is 0 Å². The highest BCUT2D eigenvalue weighted by Crippen LogP contribution is 2.31. The van der Waals surface area contributed by atoms with Crippen LogP contribution in [-0.2, 0) is 9.59 Å². The van der Waals surface area contributed by atoms with E-state index < -0.39 is 0 Å². The van der Waals surface area contributed by atoms with Gasteiger partial charge in [0.1, 0.15) is 17.6 Å². The van der Waals surface area contributed by atoms with E-state index in [0.29, 0.717) is 22.0 Å². The molecule has 6 nitrogen and oxygen atoms in total. The summed E-state index contributed by atoms with van der Waals surface area (Å²) in [6.07, 6.45) is 0. The highest BCUT2D eigenvalue weighted by atomic mass is 32.2. The van der Waals surface area contributed by atoms with Crippen molar-refractivity contribution in [2.45, 2.75) is 18.9 Å². The maximum Gasteiger partial charge on any atom is 0.244 e. The summed E-state index contributed by atoms with van der Waals surface area (Å²) >= 11 is 1.22. The topological polar surface area (TPSA) is 86.1 Å². The van der Waals surface area contributed by atoms with Crippen LogP contribution in [0.25, 0.3) is 10.9 Å². The van der Waals surface area contributed by atoms with E-state index in [1.165, 1.54) is 16.7 Å². The maximum absolute atomic E-state index is 12.9. The molecule has 1 aliphatic heterocycles. The number of rotatable bonds is 3. The van der Waals surface area contributed by atoms with Crippen molar-refractivity contribution in [3.63, 3.8) is 0 Å². The van der Waals surface area contributed by atoms with Crippen LogP contribution in [-0.4, -0.2) is 29.1 Å². The van der Waals surface area contributed by atoms with Gasteiger partial charge in [-0.1, -0.05) is 36.0 Å². The first-order valence-corrected chi connectivity index (χ1v) is 10.1. The number of thioether (sulfide) groups is 1. The number of hydrogen-bond donors (Lipinski definition) is 1. The molecule has 2 heterocycles. The lowest BCUT2D eigenvalue weighted by Gasteiger charge is -2.29. The molecule has 4 rings (SSSR count). The number of fused-ring (bicyclic) bond motifs is 2. The number of aromatic nitrogens is 1. The lowest BCUT2D eigenvalue weighted by molar-refractivity contribution is -0.120. The van der Waals surface area contributed by atoms with E-state index in [-0.39, 0.29) is 24.1 Å². The van der Waals surface area contributed by atoms with E-state index in [0.717, 1.165) is 22.0 Å². The molecular formula is C22H18N4O2S. The number of benzene rings is 2. The maximum atomic E-state index is 12.9. The zero-order chi connectivity index (χ0) is 20.5. The third kappa shape index (κ3) is 3.55. The van der Waals surface area contributed by atoms with Gasteiger partial charge < -0.3 is 10.2 Å². The first-order chi connectivity index (χ1) is 14.0. The molecule has 0 spiro atoms. The number of nitrogens with zero attached hydrogens (tertiary/aromatic N) is 3. The minimum atomic E-state index is -0.227. The van der Waals surface area contributed by atoms with Crippen LogP contribution in [0.15, 0.2) is 47.5 Å². The van der Waals surface area contributed by atoms with Crippen molar-refractivity contribution in [1.82, 2.24) is 4.98 Å². The van der Waals surface area contributed by atoms with Crippen LogP contribution in [0.4, 0.5) is 11.4 Å². The van der Waals surface area contributed by atoms with Gasteiger partial charge in [-0.3, -0.25) is 9.59 Å². The molecule has 3 aromatic rings. The Balaban J connectivity index is 1.62. The number of hydrogen-bond acceptors (Lipinski definition) is 5. The van der Waals surface area contributed by atoms with Crippen molar-refractivity contribution in [3.05, 3.63) is 59.2 Å². The number of aryl methyl sites for hydroxylation is 2. The summed E-state index contributed by atoms with van der Waals surface area (Å²) in [4.78, 5) is 31.0. The molecule has 0 atom stereocenters. The van der Waals surface area contributed by atoms with Crippen molar-refractivity contribution in [2.24, 2.45) is 0 Å². The molecule has 0 aliphatic carbocycles. The molecule has 7 heteroatoms. The van der Waals surface area contributed by atoms with Crippen LogP contribution in [0.1, 0.15) is 16.7 Å². The Morgan fingerprint density at radius 3 is 2.79 bits per heavy atom. The van der Waals surface area contributed by atoms with Crippen LogP contribution >= 0.6 is 11.8 Å². The van der Waals surface area contributed by atoms with Crippen molar-refractivity contribution >= 4 is 45.9 Å². The quantitative estimate of drug-likeness (QED) is 0.674. The fourth-order valence-electron chi connectivity index (χ4n) is 3.37. The summed E-state index contributed by atoms with van der Waals surface area (Å²) < 4.78 is 0. The van der Waals surface area contributed by atoms with Crippen LogP contribution < -0.4 is 10.2 Å². The number of carbonyl (C=O) groups excluding carboxylic acids is 2. The second-order valence-corrected chi connectivity index (χ2v) is 7.85. The Hall–Kier alpha value is -3.37. The average molecular weight is 402 g/mol. The van der Waals surface area contributed by atoms with Crippen molar-refractivity contribution in [1.29, 1.82) is 5.26 Å². The molecule has 29 heavy (non-hydrogen) atoms. The summed E-state index contributed by atoms with van der Waals surface area (Å²) in [5.74, 6) is -0.349. The Labute approximate surface area is 172 Å². The Morgan fingerprint density at radius 1 is 1.24 bits per heavy atom. The molecule has 1 aliphatic rings. The summed E-state index contributed by atoms with van der Waals surface area (Å²) in [5.41, 5.74) is 4.65. The predicted octanol–water partition coefficient (Wildman–Crippen LogP) is 3.80. The minimum Gasteiger partial charge on any atom is -0.323 e. The van der Waals surface area contributed by atoms with Gasteiger partial charge in [-0.05, 0) is 43.2 Å². The number of para-hydroxylation sites is 2. The molecule has 1 aromatic heterocycles. The van der Waals surface area contributed by atoms with Gasteiger partial charge in [-0.25, -0.2) is 4.98 Å². The zero-order valence-corrected chi connectivity index (χ0v) is 16.8. The van der Waals surface area contributed by atoms with Crippen molar-refractivity contribution in [3.8, 4) is 6.07 Å². The predicted molar refractivity (Wildman–Crippen MR) is 114 cm³/mol. The normalized spacial score (nSPS) is 13.0. The van der Waals surface area contributed by atoms with Crippen LogP contribution in [0.3, 0.4) is 0 Å². The molecule has 0 fully saturated rings. The third-order valence-electron chi connectivity index (χ3n) is 4.89. The Kier molecular flexibility index (Phi) is 4.95. The third-order valence-corrected chi connectivity index (χ3v) is 5.87. The molecule has 2 amide bonds. The highest BCUT2D eigenvalue weighted by Gasteiger charge is 2.26. The number of nitriles is 1. The van der Waals surface area contributed by atoms with Gasteiger partial charge in [-0.2, -0.15) is 5.26 Å². The van der Waals surface area contributed by atoms with Crippen LogP contribution in [0.2, 0.25) is 0 Å². The molecular weight excluding hydrogens is 384 g/mol. The highest BCUT2D eigenvalue weighted by molar-refractivity contribution is 8.00. The van der Waals surface area contributed by atoms with E-state index in [2.05, 4.69) is 16.4 Å². The van der Waals surface area contributed by atoms with E-state index in [1.807, 2.05) is 44.2 Å². The second-order valence-electron chi connectivity index (χ2n) is 6.88. The zero-order valence-electron chi connectivity index (χ0n) is 16.0. The first-order valence-electron chi connectivity index (χ1n) is 9.11. The lowest BCUT2D eigenvalue weighted by atomic mass is 10.0. The summed E-state index contributed by atoms with van der Waals surface area (Å²) in [5, 5.41) is 13.8. The largest absolute Gasteiger partial charge is 0.323 e. The summed E-state index contributed by atoms with van der Waals surface area (Å²) in [7, 11) is 0. The SMILES string of the molecule is Cc1ccc(C)c2nc(SCC(=O)N3CC(=O)Nc4ccccc43)c(C#N)cc12. The summed E-state index contributed by atoms with van der Waals surface area (Å²) in [6.45, 7) is 3.94. The second kappa shape index (κ2) is 7.57. The Bertz CT molecular complexity index is 1200. The van der Waals surface area contributed by atoms with Crippen molar-refractivity contribution < 1.29 is 9.59 Å². The van der Waals surface area contributed by atoms with Gasteiger partial charge in [0, 0.05) is 5.39 Å². The van der Waals surface area contributed by atoms with Gasteiger partial charge >= 0.3 is 0 Å². The number of carbonyl (C=O) groups is 2. The van der Waals surface area contributed by atoms with Crippen molar-refractivity contribution in [2.75, 3.05) is 22.5 Å². The lowest BCUT2D eigenvalue weighted by Crippen LogP contribution is -2.43. The molecule has 0 bridgehead atoms. The average Bonchev–Trinajstić information content (AvgIpc) is 2.73.